The number of hydrogen-bond donors (Lipinski definition) is 0. The van der Waals surface area contributed by atoms with E-state index in [1.54, 1.807) is 25.7 Å². The van der Waals surface area contributed by atoms with Crippen LogP contribution in [0.1, 0.15) is 85.3 Å². The predicted molar refractivity (Wildman–Crippen MR) is 259 cm³/mol. The Morgan fingerprint density at radius 1 is 0.632 bits per heavy atom. The van der Waals surface area contributed by atoms with Crippen molar-refractivity contribution in [2.75, 3.05) is 95.0 Å². The third kappa shape index (κ3) is 13.2. The molecule has 0 radical (unpaired) electrons. The molecule has 8 aliphatic rings. The molecule has 374 valence electrons. The first-order valence-electron chi connectivity index (χ1n) is 24.8. The number of nitrogens with zero attached hydrogens (tertiary/aromatic N) is 6. The molecular weight excluding hydrogens is 923 g/mol. The molecule has 10 rings (SSSR count). The zero-order valence-corrected chi connectivity index (χ0v) is 45.9. The largest absolute Gasteiger partial charge is 1.00 e. The van der Waals surface area contributed by atoms with Crippen LogP contribution in [0.3, 0.4) is 0 Å². The molecule has 68 heavy (non-hydrogen) atoms. The molecule has 4 bridgehead atoms. The fourth-order valence-corrected chi connectivity index (χ4v) is 12.2. The molecule has 0 aromatic heterocycles. The van der Waals surface area contributed by atoms with Gasteiger partial charge < -0.3 is 57.8 Å². The Hall–Kier alpha value is -1.80. The third-order valence-electron chi connectivity index (χ3n) is 15.0. The van der Waals surface area contributed by atoms with E-state index >= 15 is 0 Å². The van der Waals surface area contributed by atoms with Crippen molar-refractivity contribution in [2.45, 2.75) is 123 Å². The Morgan fingerprint density at radius 3 is 1.41 bits per heavy atom. The number of fused-ring (bicyclic) bond motifs is 6. The number of hydrogen-bond acceptors (Lipinski definition) is 10. The van der Waals surface area contributed by atoms with E-state index in [0.29, 0.717) is 62.2 Å². The van der Waals surface area contributed by atoms with Crippen LogP contribution in [0.2, 0.25) is 5.02 Å². The van der Waals surface area contributed by atoms with E-state index < -0.39 is 24.6 Å². The van der Waals surface area contributed by atoms with E-state index in [1.807, 2.05) is 37.8 Å². The molecule has 0 spiro atoms. The molecule has 8 saturated heterocycles. The number of ether oxygens (including phenoxy) is 4. The number of amides is 2. The van der Waals surface area contributed by atoms with E-state index in [4.69, 9.17) is 30.5 Å². The van der Waals surface area contributed by atoms with Crippen molar-refractivity contribution in [3.05, 3.63) is 58.1 Å². The maximum Gasteiger partial charge on any atom is 1.00 e. The Labute approximate surface area is 452 Å². The molecule has 2 amide bonds. The zero-order valence-electron chi connectivity index (χ0n) is 43.0. The van der Waals surface area contributed by atoms with Crippen LogP contribution in [0.25, 0.3) is 0 Å². The molecule has 2 aromatic carbocycles. The topological polar surface area (TPSA) is 90.5 Å². The van der Waals surface area contributed by atoms with E-state index in [9.17, 15) is 22.5 Å². The maximum absolute atomic E-state index is 12.4. The molecule has 8 atom stereocenters. The summed E-state index contributed by atoms with van der Waals surface area (Å²) in [7, 11) is 0. The summed E-state index contributed by atoms with van der Waals surface area (Å²) in [5, 5.41) is 0.864. The van der Waals surface area contributed by atoms with Gasteiger partial charge in [0.2, 0.25) is 0 Å². The number of carbonyl (C=O) groups is 2. The molecule has 18 heteroatoms. The summed E-state index contributed by atoms with van der Waals surface area (Å²) in [4.78, 5) is 37.1. The number of rotatable bonds is 6. The molecule has 0 N–H and O–H groups in total. The summed E-state index contributed by atoms with van der Waals surface area (Å²) in [5.74, 6) is 1.40. The van der Waals surface area contributed by atoms with Gasteiger partial charge in [0.1, 0.15) is 11.2 Å². The minimum absolute atomic E-state index is 0. The van der Waals surface area contributed by atoms with Gasteiger partial charge in [-0.2, -0.15) is 0 Å². The summed E-state index contributed by atoms with van der Waals surface area (Å²) >= 11 is 6.19. The summed E-state index contributed by atoms with van der Waals surface area (Å²) < 4.78 is 59.5. The number of halogens is 4. The average molecular weight is 999 g/mol. The smallest absolute Gasteiger partial charge is 1.00 e. The molecule has 8 fully saturated rings. The van der Waals surface area contributed by atoms with Crippen molar-refractivity contribution < 1.29 is 94.3 Å². The summed E-state index contributed by atoms with van der Waals surface area (Å²) in [6, 6.07) is 15.2. The summed E-state index contributed by atoms with van der Waals surface area (Å²) in [5.41, 5.74) is 5.79. The first-order valence-corrected chi connectivity index (χ1v) is 25.1. The van der Waals surface area contributed by atoms with Gasteiger partial charge in [-0.3, -0.25) is 4.90 Å². The molecule has 8 heterocycles. The standard InChI is InChI=1S/C25H37N3O3.C13H16ClNO.C12H21BF3N2O2.K.H/c1-17-18(6-5-7-23(17)28-21-8-9-22(28)16-30-15-21)10-26-11-19-13-27(14-20(19)12-26)24(29)31-25(2,3)4;1-9-12(14)3-2-4-13(9)15-10-5-6-11(15)8-16-7-10;1-12(2,3)20-11(19)18-6-9-4-17(5-10(9)7-18)8-13(14,15)16;;/h5-7,19-22H,8-16H2,1-4H3;2-4,10-11H,5-8H2,1H3;9-10H,4-8H2,1-3H3;;/q;;-1;+1;-1. The second kappa shape index (κ2) is 22.1. The number of carbonyl (C=O) groups excluding carboxylic acids is 2. The first-order chi connectivity index (χ1) is 31.6. The predicted octanol–water partition coefficient (Wildman–Crippen LogP) is 5.97. The van der Waals surface area contributed by atoms with Crippen molar-refractivity contribution >= 4 is 42.1 Å². The van der Waals surface area contributed by atoms with Gasteiger partial charge in [-0.05, 0) is 159 Å². The molecule has 8 aliphatic heterocycles. The minimum atomic E-state index is -4.77. The summed E-state index contributed by atoms with van der Waals surface area (Å²) in [6.45, 7) is 20.9. The normalized spacial score (nSPS) is 28.9. The van der Waals surface area contributed by atoms with Crippen molar-refractivity contribution in [3.63, 3.8) is 0 Å². The molecular formula is C50H75BClF3KN6O6-. The fourth-order valence-electron chi connectivity index (χ4n) is 12.0. The van der Waals surface area contributed by atoms with Crippen molar-refractivity contribution in [2.24, 2.45) is 23.7 Å². The van der Waals surface area contributed by atoms with Crippen LogP contribution in [0.15, 0.2) is 36.4 Å². The quantitative estimate of drug-likeness (QED) is 0.323. The van der Waals surface area contributed by atoms with Gasteiger partial charge >= 0.3 is 70.5 Å². The number of benzene rings is 2. The van der Waals surface area contributed by atoms with Crippen LogP contribution in [0, 0.1) is 37.5 Å². The third-order valence-corrected chi connectivity index (χ3v) is 15.4. The number of morpholine rings is 2. The molecule has 8 unspecified atom stereocenters. The average Bonchev–Trinajstić information content (AvgIpc) is 4.06. The second-order valence-corrected chi connectivity index (χ2v) is 22.9. The molecule has 0 saturated carbocycles. The Kier molecular flexibility index (Phi) is 17.6. The Morgan fingerprint density at radius 2 is 1.01 bits per heavy atom. The van der Waals surface area contributed by atoms with Gasteiger partial charge in [0.05, 0.1) is 50.6 Å². The van der Waals surface area contributed by atoms with Crippen molar-refractivity contribution in [1.29, 1.82) is 0 Å². The Bertz CT molecular complexity index is 2030. The van der Waals surface area contributed by atoms with Gasteiger partial charge in [0, 0.05) is 62.2 Å². The van der Waals surface area contributed by atoms with Crippen LogP contribution in [0.4, 0.5) is 33.9 Å². The van der Waals surface area contributed by atoms with Gasteiger partial charge in [0.15, 0.2) is 0 Å². The van der Waals surface area contributed by atoms with Crippen LogP contribution >= 0.6 is 11.6 Å². The van der Waals surface area contributed by atoms with Gasteiger partial charge in [-0.15, -0.1) is 0 Å². The van der Waals surface area contributed by atoms with Gasteiger partial charge in [0.25, 0.3) is 0 Å². The van der Waals surface area contributed by atoms with E-state index in [0.717, 1.165) is 64.2 Å². The van der Waals surface area contributed by atoms with E-state index in [2.05, 4.69) is 52.8 Å². The van der Waals surface area contributed by atoms with Gasteiger partial charge in [-0.1, -0.05) is 29.8 Å². The van der Waals surface area contributed by atoms with Gasteiger partial charge in [-0.25, -0.2) is 9.59 Å². The number of anilines is 2. The van der Waals surface area contributed by atoms with E-state index in [-0.39, 0.29) is 76.8 Å². The molecule has 12 nitrogen and oxygen atoms in total. The van der Waals surface area contributed by atoms with Crippen LogP contribution in [0.5, 0.6) is 0 Å². The SMILES string of the molecule is CC(C)(C)OC(=O)N1CC2CN(C[B-](F)(F)F)CC2C1.Cc1c(CN2CC3CN(C(=O)OC(C)(C)C)CC3C2)cccc1N1C2CCC1COC2.Cc1c(Cl)cccc1N1C2CCC1COC2.[H-].[K+]. The van der Waals surface area contributed by atoms with Crippen molar-refractivity contribution in [3.8, 4) is 0 Å². The minimum Gasteiger partial charge on any atom is -1.00 e. The van der Waals surface area contributed by atoms with Crippen molar-refractivity contribution in [1.82, 2.24) is 19.6 Å². The molecule has 2 aromatic rings. The summed E-state index contributed by atoms with van der Waals surface area (Å²) in [6.07, 6.45) is 3.68. The fraction of sp³-hybridized carbons (Fsp3) is 0.720. The first kappa shape index (κ1) is 54.0. The van der Waals surface area contributed by atoms with E-state index in [1.165, 1.54) is 58.6 Å². The van der Waals surface area contributed by atoms with Crippen LogP contribution in [-0.4, -0.2) is 159 Å². The Balaban J connectivity index is 0.000000179. The zero-order chi connectivity index (χ0) is 48.0. The monoisotopic (exact) mass is 998 g/mol. The second-order valence-electron chi connectivity index (χ2n) is 22.5. The molecule has 0 aliphatic carbocycles. The maximum atomic E-state index is 12.4. The van der Waals surface area contributed by atoms with Crippen LogP contribution < -0.4 is 61.2 Å². The number of likely N-dealkylation sites (tertiary alicyclic amines) is 4. The van der Waals surface area contributed by atoms with Crippen LogP contribution in [-0.2, 0) is 25.5 Å².